The molecule has 2 atom stereocenters. The van der Waals surface area contributed by atoms with Gasteiger partial charge in [-0.25, -0.2) is 0 Å². The summed E-state index contributed by atoms with van der Waals surface area (Å²) in [5, 5.41) is 21.1. The first-order chi connectivity index (χ1) is 8.20. The standard InChI is InChI=1S/C13H13NO3/c15-13(10-6-2-1-3-7-10)11-8-4-5-9-12(11)14(16)17/h1-6,8-10,13,15H,7H2. The Morgan fingerprint density at radius 1 is 1.35 bits per heavy atom. The van der Waals surface area contributed by atoms with Crippen LogP contribution in [0.5, 0.6) is 0 Å². The summed E-state index contributed by atoms with van der Waals surface area (Å²) >= 11 is 0. The van der Waals surface area contributed by atoms with Crippen LogP contribution in [-0.4, -0.2) is 10.0 Å². The molecule has 4 heteroatoms. The molecule has 0 amide bonds. The molecule has 0 bridgehead atoms. The topological polar surface area (TPSA) is 63.4 Å². The highest BCUT2D eigenvalue weighted by molar-refractivity contribution is 5.42. The van der Waals surface area contributed by atoms with Gasteiger partial charge in [0.15, 0.2) is 0 Å². The van der Waals surface area contributed by atoms with Gasteiger partial charge in [0.05, 0.1) is 16.6 Å². The first kappa shape index (κ1) is 11.5. The Kier molecular flexibility index (Phi) is 3.35. The van der Waals surface area contributed by atoms with Gasteiger partial charge in [-0.05, 0) is 12.5 Å². The molecule has 0 spiro atoms. The molecule has 2 rings (SSSR count). The van der Waals surface area contributed by atoms with Gasteiger partial charge in [0.1, 0.15) is 0 Å². The normalized spacial score (nSPS) is 20.2. The zero-order valence-corrected chi connectivity index (χ0v) is 9.19. The van der Waals surface area contributed by atoms with E-state index in [9.17, 15) is 15.2 Å². The summed E-state index contributed by atoms with van der Waals surface area (Å²) in [7, 11) is 0. The summed E-state index contributed by atoms with van der Waals surface area (Å²) in [5.41, 5.74) is 0.352. The Morgan fingerprint density at radius 2 is 2.12 bits per heavy atom. The van der Waals surface area contributed by atoms with E-state index in [1.54, 1.807) is 18.2 Å². The number of aliphatic hydroxyl groups is 1. The molecular formula is C13H13NO3. The average molecular weight is 231 g/mol. The lowest BCUT2D eigenvalue weighted by molar-refractivity contribution is -0.386. The number of nitrogens with zero attached hydrogens (tertiary/aromatic N) is 1. The van der Waals surface area contributed by atoms with E-state index >= 15 is 0 Å². The number of para-hydroxylation sites is 1. The van der Waals surface area contributed by atoms with Crippen LogP contribution in [0, 0.1) is 16.0 Å². The molecule has 88 valence electrons. The van der Waals surface area contributed by atoms with Crippen LogP contribution in [0.4, 0.5) is 5.69 Å². The molecule has 0 radical (unpaired) electrons. The Labute approximate surface area is 99.0 Å². The van der Waals surface area contributed by atoms with Crippen LogP contribution in [0.15, 0.2) is 48.6 Å². The van der Waals surface area contributed by atoms with Crippen molar-refractivity contribution in [1.29, 1.82) is 0 Å². The van der Waals surface area contributed by atoms with Crippen molar-refractivity contribution in [2.24, 2.45) is 5.92 Å². The molecule has 1 N–H and O–H groups in total. The Morgan fingerprint density at radius 3 is 2.76 bits per heavy atom. The van der Waals surface area contributed by atoms with E-state index in [4.69, 9.17) is 0 Å². The minimum atomic E-state index is -0.835. The van der Waals surface area contributed by atoms with Crippen molar-refractivity contribution >= 4 is 5.69 Å². The first-order valence-electron chi connectivity index (χ1n) is 5.45. The summed E-state index contributed by atoms with van der Waals surface area (Å²) in [4.78, 5) is 10.4. The third-order valence-electron chi connectivity index (χ3n) is 2.87. The van der Waals surface area contributed by atoms with E-state index in [-0.39, 0.29) is 11.6 Å². The number of hydrogen-bond donors (Lipinski definition) is 1. The maximum absolute atomic E-state index is 10.9. The molecule has 1 aliphatic rings. The summed E-state index contributed by atoms with van der Waals surface area (Å²) in [6, 6.07) is 6.33. The fourth-order valence-electron chi connectivity index (χ4n) is 1.97. The second-order valence-corrected chi connectivity index (χ2v) is 3.97. The molecule has 0 heterocycles. The van der Waals surface area contributed by atoms with E-state index < -0.39 is 11.0 Å². The van der Waals surface area contributed by atoms with Crippen LogP contribution in [0.1, 0.15) is 18.1 Å². The van der Waals surface area contributed by atoms with Crippen molar-refractivity contribution < 1.29 is 10.0 Å². The quantitative estimate of drug-likeness (QED) is 0.642. The van der Waals surface area contributed by atoms with Crippen molar-refractivity contribution in [1.82, 2.24) is 0 Å². The van der Waals surface area contributed by atoms with Gasteiger partial charge >= 0.3 is 0 Å². The fraction of sp³-hybridized carbons (Fsp3) is 0.231. The molecule has 0 saturated carbocycles. The third kappa shape index (κ3) is 2.42. The monoisotopic (exact) mass is 231 g/mol. The van der Waals surface area contributed by atoms with Crippen LogP contribution >= 0.6 is 0 Å². The van der Waals surface area contributed by atoms with Crippen molar-refractivity contribution in [3.05, 3.63) is 64.2 Å². The maximum atomic E-state index is 10.9. The largest absolute Gasteiger partial charge is 0.388 e. The predicted octanol–water partition coefficient (Wildman–Crippen LogP) is 2.76. The van der Waals surface area contributed by atoms with Crippen molar-refractivity contribution in [3.63, 3.8) is 0 Å². The zero-order valence-electron chi connectivity index (χ0n) is 9.19. The Bertz CT molecular complexity index is 479. The molecule has 0 saturated heterocycles. The van der Waals surface area contributed by atoms with E-state index in [0.29, 0.717) is 12.0 Å². The predicted molar refractivity (Wildman–Crippen MR) is 64.4 cm³/mol. The van der Waals surface area contributed by atoms with Crippen LogP contribution in [0.2, 0.25) is 0 Å². The molecule has 17 heavy (non-hydrogen) atoms. The van der Waals surface area contributed by atoms with E-state index in [0.717, 1.165) is 0 Å². The van der Waals surface area contributed by atoms with Gasteiger partial charge in [0, 0.05) is 12.0 Å². The Balaban J connectivity index is 2.30. The van der Waals surface area contributed by atoms with E-state index in [2.05, 4.69) is 0 Å². The van der Waals surface area contributed by atoms with Crippen molar-refractivity contribution in [2.45, 2.75) is 12.5 Å². The lowest BCUT2D eigenvalue weighted by atomic mass is 9.89. The van der Waals surface area contributed by atoms with E-state index in [1.165, 1.54) is 6.07 Å². The number of allylic oxidation sites excluding steroid dienone is 3. The summed E-state index contributed by atoms with van der Waals surface area (Å²) in [6.07, 6.45) is 7.44. The van der Waals surface area contributed by atoms with Gasteiger partial charge in [0.25, 0.3) is 5.69 Å². The first-order valence-corrected chi connectivity index (χ1v) is 5.45. The number of benzene rings is 1. The molecule has 1 aromatic carbocycles. The van der Waals surface area contributed by atoms with Crippen LogP contribution in [0.25, 0.3) is 0 Å². The fourth-order valence-corrected chi connectivity index (χ4v) is 1.97. The number of aliphatic hydroxyl groups excluding tert-OH is 1. The number of rotatable bonds is 3. The summed E-state index contributed by atoms with van der Waals surface area (Å²) < 4.78 is 0. The van der Waals surface area contributed by atoms with Gasteiger partial charge in [0.2, 0.25) is 0 Å². The maximum Gasteiger partial charge on any atom is 0.275 e. The molecule has 0 fully saturated rings. The Hall–Kier alpha value is -1.94. The van der Waals surface area contributed by atoms with Gasteiger partial charge in [-0.2, -0.15) is 0 Å². The smallest absolute Gasteiger partial charge is 0.275 e. The zero-order chi connectivity index (χ0) is 12.3. The second-order valence-electron chi connectivity index (χ2n) is 3.97. The van der Waals surface area contributed by atoms with Crippen LogP contribution in [0.3, 0.4) is 0 Å². The SMILES string of the molecule is O=[N+]([O-])c1ccccc1C(O)C1C=CC=CC1. The highest BCUT2D eigenvalue weighted by Crippen LogP contribution is 2.33. The highest BCUT2D eigenvalue weighted by atomic mass is 16.6. The minimum Gasteiger partial charge on any atom is -0.388 e. The van der Waals surface area contributed by atoms with Crippen molar-refractivity contribution in [2.75, 3.05) is 0 Å². The van der Waals surface area contributed by atoms with Gasteiger partial charge in [-0.3, -0.25) is 10.1 Å². The van der Waals surface area contributed by atoms with Gasteiger partial charge < -0.3 is 5.11 Å². The third-order valence-corrected chi connectivity index (χ3v) is 2.87. The second kappa shape index (κ2) is 4.93. The van der Waals surface area contributed by atoms with Gasteiger partial charge in [-0.1, -0.05) is 36.4 Å². The van der Waals surface area contributed by atoms with Crippen molar-refractivity contribution in [3.8, 4) is 0 Å². The highest BCUT2D eigenvalue weighted by Gasteiger charge is 2.25. The van der Waals surface area contributed by atoms with E-state index in [1.807, 2.05) is 24.3 Å². The number of nitro benzene ring substituents is 1. The molecule has 0 aromatic heterocycles. The van der Waals surface area contributed by atoms with Crippen LogP contribution in [-0.2, 0) is 0 Å². The number of hydrogen-bond acceptors (Lipinski definition) is 3. The molecule has 2 unspecified atom stereocenters. The van der Waals surface area contributed by atoms with Crippen LogP contribution < -0.4 is 0 Å². The summed E-state index contributed by atoms with van der Waals surface area (Å²) in [5.74, 6) is -0.0962. The molecule has 0 aliphatic heterocycles. The number of nitro groups is 1. The summed E-state index contributed by atoms with van der Waals surface area (Å²) in [6.45, 7) is 0. The minimum absolute atomic E-state index is 0.0250. The lowest BCUT2D eigenvalue weighted by Gasteiger charge is -2.20. The lowest BCUT2D eigenvalue weighted by Crippen LogP contribution is -2.12. The molecule has 1 aromatic rings. The van der Waals surface area contributed by atoms with Gasteiger partial charge in [-0.15, -0.1) is 0 Å². The molecular weight excluding hydrogens is 218 g/mol. The molecule has 1 aliphatic carbocycles. The average Bonchev–Trinajstić information content (AvgIpc) is 2.39. The molecule has 4 nitrogen and oxygen atoms in total.